The van der Waals surface area contributed by atoms with E-state index in [0.29, 0.717) is 24.0 Å². The largest absolute Gasteiger partial charge is 0.338 e. The lowest BCUT2D eigenvalue weighted by molar-refractivity contribution is -0.128. The van der Waals surface area contributed by atoms with Crippen LogP contribution in [0.2, 0.25) is 0 Å². The van der Waals surface area contributed by atoms with E-state index in [2.05, 4.69) is 10.2 Å². The van der Waals surface area contributed by atoms with Crippen molar-refractivity contribution in [2.75, 3.05) is 12.3 Å². The predicted octanol–water partition coefficient (Wildman–Crippen LogP) is 5.14. The summed E-state index contributed by atoms with van der Waals surface area (Å²) in [4.78, 5) is 15.8. The monoisotopic (exact) mass is 434 g/mol. The molecule has 0 aliphatic heterocycles. The van der Waals surface area contributed by atoms with Crippen LogP contribution in [0.15, 0.2) is 83.3 Å². The number of carbonyl (C=O) groups is 1. The number of rotatable bonds is 8. The fourth-order valence-corrected chi connectivity index (χ4v) is 4.69. The number of aromatic nitrogens is 3. The zero-order valence-corrected chi connectivity index (χ0v) is 18.3. The minimum absolute atomic E-state index is 0.0895. The average Bonchev–Trinajstić information content (AvgIpc) is 3.47. The van der Waals surface area contributed by atoms with Gasteiger partial charge in [-0.1, -0.05) is 66.4 Å². The summed E-state index contributed by atoms with van der Waals surface area (Å²) < 4.78 is 2.03. The van der Waals surface area contributed by atoms with Crippen molar-refractivity contribution in [3.05, 3.63) is 83.7 Å². The number of hydrogen-bond donors (Lipinski definition) is 0. The van der Waals surface area contributed by atoms with Crippen molar-refractivity contribution in [1.29, 1.82) is 0 Å². The first kappa shape index (κ1) is 20.4. The van der Waals surface area contributed by atoms with Crippen molar-refractivity contribution in [3.8, 4) is 16.4 Å². The normalized spacial score (nSPS) is 10.8. The number of para-hydroxylation sites is 1. The molecular formula is C23H22N4OS2. The van der Waals surface area contributed by atoms with Gasteiger partial charge in [-0.2, -0.15) is 0 Å². The number of thioether (sulfide) groups is 1. The molecule has 2 aromatic heterocycles. The lowest BCUT2D eigenvalue weighted by Crippen LogP contribution is -2.31. The first-order chi connectivity index (χ1) is 14.8. The van der Waals surface area contributed by atoms with Gasteiger partial charge in [0.2, 0.25) is 5.91 Å². The number of benzene rings is 2. The van der Waals surface area contributed by atoms with Crippen molar-refractivity contribution >= 4 is 29.0 Å². The molecular weight excluding hydrogens is 412 g/mol. The third kappa shape index (κ3) is 4.63. The van der Waals surface area contributed by atoms with Crippen LogP contribution < -0.4 is 0 Å². The van der Waals surface area contributed by atoms with Crippen LogP contribution in [0.4, 0.5) is 0 Å². The van der Waals surface area contributed by atoms with E-state index in [9.17, 15) is 4.79 Å². The molecule has 2 heterocycles. The highest BCUT2D eigenvalue weighted by atomic mass is 32.2. The quantitative estimate of drug-likeness (QED) is 0.361. The van der Waals surface area contributed by atoms with Gasteiger partial charge in [0, 0.05) is 18.8 Å². The predicted molar refractivity (Wildman–Crippen MR) is 123 cm³/mol. The van der Waals surface area contributed by atoms with Crippen LogP contribution in [0.25, 0.3) is 16.4 Å². The number of nitrogens with zero attached hydrogens (tertiary/aromatic N) is 4. The molecule has 2 aromatic carbocycles. The van der Waals surface area contributed by atoms with Gasteiger partial charge in [0.1, 0.15) is 0 Å². The summed E-state index contributed by atoms with van der Waals surface area (Å²) in [6.45, 7) is 3.29. The standard InChI is InChI=1S/C23H22N4OS2/c1-2-26(16-18-10-5-3-6-11-18)21(28)17-30-23-25-24-22(20-14-9-15-29-20)27(23)19-12-7-4-8-13-19/h3-15H,2,16-17H2,1H3. The smallest absolute Gasteiger partial charge is 0.233 e. The van der Waals surface area contributed by atoms with E-state index in [1.807, 2.05) is 94.6 Å². The molecule has 5 nitrogen and oxygen atoms in total. The average molecular weight is 435 g/mol. The van der Waals surface area contributed by atoms with Crippen LogP contribution in [0, 0.1) is 0 Å². The molecule has 7 heteroatoms. The molecule has 0 aliphatic rings. The maximum atomic E-state index is 12.9. The molecule has 0 aliphatic carbocycles. The summed E-state index contributed by atoms with van der Waals surface area (Å²) in [5.74, 6) is 1.20. The van der Waals surface area contributed by atoms with Gasteiger partial charge in [0.25, 0.3) is 0 Å². The Hall–Kier alpha value is -2.90. The minimum Gasteiger partial charge on any atom is -0.338 e. The molecule has 0 unspecified atom stereocenters. The van der Waals surface area contributed by atoms with Gasteiger partial charge < -0.3 is 4.90 Å². The van der Waals surface area contributed by atoms with Gasteiger partial charge >= 0.3 is 0 Å². The highest BCUT2D eigenvalue weighted by Crippen LogP contribution is 2.30. The maximum Gasteiger partial charge on any atom is 0.233 e. The molecule has 152 valence electrons. The summed E-state index contributed by atoms with van der Waals surface area (Å²) >= 11 is 3.05. The summed E-state index contributed by atoms with van der Waals surface area (Å²) in [6, 6.07) is 24.1. The van der Waals surface area contributed by atoms with Crippen molar-refractivity contribution in [1.82, 2.24) is 19.7 Å². The summed E-state index contributed by atoms with van der Waals surface area (Å²) in [5, 5.41) is 11.6. The SMILES string of the molecule is CCN(Cc1ccccc1)C(=O)CSc1nnc(-c2cccs2)n1-c1ccccc1. The van der Waals surface area contributed by atoms with Crippen molar-refractivity contribution < 1.29 is 4.79 Å². The molecule has 4 rings (SSSR count). The van der Waals surface area contributed by atoms with E-state index in [0.717, 1.165) is 22.0 Å². The Bertz CT molecular complexity index is 1080. The van der Waals surface area contributed by atoms with Gasteiger partial charge in [-0.15, -0.1) is 21.5 Å². The molecule has 0 atom stereocenters. The first-order valence-corrected chi connectivity index (χ1v) is 11.6. The zero-order chi connectivity index (χ0) is 20.8. The summed E-state index contributed by atoms with van der Waals surface area (Å²) in [5.41, 5.74) is 2.11. The number of amides is 1. The second-order valence-corrected chi connectivity index (χ2v) is 8.53. The van der Waals surface area contributed by atoms with E-state index in [-0.39, 0.29) is 5.91 Å². The maximum absolute atomic E-state index is 12.9. The molecule has 1 amide bonds. The second-order valence-electron chi connectivity index (χ2n) is 6.64. The highest BCUT2D eigenvalue weighted by molar-refractivity contribution is 7.99. The van der Waals surface area contributed by atoms with Gasteiger partial charge in [-0.05, 0) is 36.1 Å². The second kappa shape index (κ2) is 9.73. The van der Waals surface area contributed by atoms with E-state index < -0.39 is 0 Å². The van der Waals surface area contributed by atoms with Crippen LogP contribution in [0.5, 0.6) is 0 Å². The van der Waals surface area contributed by atoms with Crippen LogP contribution in [0.3, 0.4) is 0 Å². The van der Waals surface area contributed by atoms with Gasteiger partial charge in [0.15, 0.2) is 11.0 Å². The molecule has 30 heavy (non-hydrogen) atoms. The summed E-state index contributed by atoms with van der Waals surface area (Å²) in [7, 11) is 0. The Morgan fingerprint density at radius 1 is 1.00 bits per heavy atom. The third-order valence-corrected chi connectivity index (χ3v) is 6.44. The fourth-order valence-electron chi connectivity index (χ4n) is 3.14. The van der Waals surface area contributed by atoms with E-state index in [1.54, 1.807) is 11.3 Å². The number of thiophene rings is 1. The Balaban J connectivity index is 1.54. The van der Waals surface area contributed by atoms with Crippen molar-refractivity contribution in [3.63, 3.8) is 0 Å². The van der Waals surface area contributed by atoms with Crippen LogP contribution in [0.1, 0.15) is 12.5 Å². The first-order valence-electron chi connectivity index (χ1n) is 9.75. The molecule has 0 radical (unpaired) electrons. The molecule has 0 N–H and O–H groups in total. The molecule has 0 saturated carbocycles. The van der Waals surface area contributed by atoms with Crippen LogP contribution >= 0.6 is 23.1 Å². The Morgan fingerprint density at radius 3 is 2.40 bits per heavy atom. The van der Waals surface area contributed by atoms with E-state index in [1.165, 1.54) is 11.8 Å². The topological polar surface area (TPSA) is 51.0 Å². The van der Waals surface area contributed by atoms with Gasteiger partial charge in [0.05, 0.1) is 10.6 Å². The van der Waals surface area contributed by atoms with Gasteiger partial charge in [-0.25, -0.2) is 0 Å². The third-order valence-electron chi connectivity index (χ3n) is 4.66. The molecule has 0 fully saturated rings. The minimum atomic E-state index is 0.0895. The van der Waals surface area contributed by atoms with Gasteiger partial charge in [-0.3, -0.25) is 9.36 Å². The van der Waals surface area contributed by atoms with Crippen molar-refractivity contribution in [2.45, 2.75) is 18.6 Å². The highest BCUT2D eigenvalue weighted by Gasteiger charge is 2.19. The Kier molecular flexibility index (Phi) is 6.61. The molecule has 0 bridgehead atoms. The summed E-state index contributed by atoms with van der Waals surface area (Å²) in [6.07, 6.45) is 0. The zero-order valence-electron chi connectivity index (χ0n) is 16.6. The number of hydrogen-bond acceptors (Lipinski definition) is 5. The lowest BCUT2D eigenvalue weighted by atomic mass is 10.2. The van der Waals surface area contributed by atoms with Crippen molar-refractivity contribution in [2.24, 2.45) is 0 Å². The van der Waals surface area contributed by atoms with E-state index in [4.69, 9.17) is 0 Å². The lowest BCUT2D eigenvalue weighted by Gasteiger charge is -2.20. The Morgan fingerprint density at radius 2 is 1.73 bits per heavy atom. The molecule has 0 saturated heterocycles. The molecule has 0 spiro atoms. The van der Waals surface area contributed by atoms with Crippen LogP contribution in [-0.4, -0.2) is 37.9 Å². The van der Waals surface area contributed by atoms with Crippen LogP contribution in [-0.2, 0) is 11.3 Å². The fraction of sp³-hybridized carbons (Fsp3) is 0.174. The Labute approximate surface area is 184 Å². The number of carbonyl (C=O) groups excluding carboxylic acids is 1. The van der Waals surface area contributed by atoms with E-state index >= 15 is 0 Å². The molecule has 4 aromatic rings.